The lowest BCUT2D eigenvalue weighted by Crippen LogP contribution is -2.07. The minimum Gasteiger partial charge on any atom is -0.380 e. The Balaban J connectivity index is 2.12. The summed E-state index contributed by atoms with van der Waals surface area (Å²) < 4.78 is 18.3. The average molecular weight is 294 g/mol. The largest absolute Gasteiger partial charge is 0.380 e. The van der Waals surface area contributed by atoms with E-state index >= 15 is 0 Å². The highest BCUT2D eigenvalue weighted by molar-refractivity contribution is 6.30. The molecule has 1 atom stereocenters. The van der Waals surface area contributed by atoms with Gasteiger partial charge in [0.15, 0.2) is 0 Å². The summed E-state index contributed by atoms with van der Waals surface area (Å²) in [5, 5.41) is 3.51. The molecule has 20 heavy (non-hydrogen) atoms. The standard InChI is InChI=1S/C16H17ClFNO/c1-11(13-6-7-16(18)15(17)9-13)19-14-5-3-4-12(8-14)10-20-2/h3-9,11,19H,10H2,1-2H3. The molecule has 0 bridgehead atoms. The number of nitrogens with one attached hydrogen (secondary N) is 1. The lowest BCUT2D eigenvalue weighted by atomic mass is 10.1. The summed E-state index contributed by atoms with van der Waals surface area (Å²) in [6.45, 7) is 2.58. The Kier molecular flexibility index (Phi) is 4.99. The van der Waals surface area contributed by atoms with E-state index in [9.17, 15) is 4.39 Å². The van der Waals surface area contributed by atoms with Gasteiger partial charge in [-0.3, -0.25) is 0 Å². The Labute approximate surface area is 123 Å². The fraction of sp³-hybridized carbons (Fsp3) is 0.250. The van der Waals surface area contributed by atoms with Crippen LogP contribution in [0.1, 0.15) is 24.1 Å². The summed E-state index contributed by atoms with van der Waals surface area (Å²) in [4.78, 5) is 0. The van der Waals surface area contributed by atoms with Gasteiger partial charge in [0, 0.05) is 18.8 Å². The molecule has 0 heterocycles. The van der Waals surface area contributed by atoms with E-state index in [2.05, 4.69) is 5.32 Å². The first-order valence-electron chi connectivity index (χ1n) is 6.39. The molecule has 0 saturated heterocycles. The van der Waals surface area contributed by atoms with Gasteiger partial charge in [0.1, 0.15) is 5.82 Å². The number of benzene rings is 2. The first kappa shape index (κ1) is 14.8. The van der Waals surface area contributed by atoms with Gasteiger partial charge in [-0.05, 0) is 42.3 Å². The Hall–Kier alpha value is -1.58. The van der Waals surface area contributed by atoms with Gasteiger partial charge in [-0.1, -0.05) is 29.8 Å². The van der Waals surface area contributed by atoms with E-state index in [4.69, 9.17) is 16.3 Å². The Morgan fingerprint density at radius 2 is 2.05 bits per heavy atom. The van der Waals surface area contributed by atoms with Crippen LogP contribution in [0.5, 0.6) is 0 Å². The minimum atomic E-state index is -0.398. The predicted octanol–water partition coefficient (Wildman–Crippen LogP) is 4.80. The molecule has 0 fully saturated rings. The molecular weight excluding hydrogens is 277 g/mol. The maximum Gasteiger partial charge on any atom is 0.141 e. The van der Waals surface area contributed by atoms with E-state index < -0.39 is 5.82 Å². The molecule has 0 saturated carbocycles. The summed E-state index contributed by atoms with van der Waals surface area (Å²) in [5.41, 5.74) is 3.03. The quantitative estimate of drug-likeness (QED) is 0.855. The Morgan fingerprint density at radius 3 is 2.75 bits per heavy atom. The van der Waals surface area contributed by atoms with Crippen molar-refractivity contribution in [1.29, 1.82) is 0 Å². The second kappa shape index (κ2) is 6.73. The molecule has 0 aliphatic heterocycles. The third-order valence-electron chi connectivity index (χ3n) is 3.06. The first-order chi connectivity index (χ1) is 9.60. The van der Waals surface area contributed by atoms with E-state index in [1.54, 1.807) is 19.2 Å². The van der Waals surface area contributed by atoms with Crippen LogP contribution in [0.25, 0.3) is 0 Å². The van der Waals surface area contributed by atoms with Gasteiger partial charge in [0.2, 0.25) is 0 Å². The number of anilines is 1. The van der Waals surface area contributed by atoms with E-state index in [0.717, 1.165) is 16.8 Å². The van der Waals surface area contributed by atoms with E-state index in [-0.39, 0.29) is 11.1 Å². The van der Waals surface area contributed by atoms with Crippen molar-refractivity contribution < 1.29 is 9.13 Å². The van der Waals surface area contributed by atoms with Crippen LogP contribution in [0.2, 0.25) is 5.02 Å². The van der Waals surface area contributed by atoms with E-state index in [1.165, 1.54) is 6.07 Å². The Bertz CT molecular complexity index is 588. The number of methoxy groups -OCH3 is 1. The summed E-state index contributed by atoms with van der Waals surface area (Å²) in [6, 6.07) is 12.8. The number of hydrogen-bond donors (Lipinski definition) is 1. The summed E-state index contributed by atoms with van der Waals surface area (Å²) in [5.74, 6) is -0.398. The molecule has 2 aromatic rings. The molecular formula is C16H17ClFNO. The SMILES string of the molecule is COCc1cccc(NC(C)c2ccc(F)c(Cl)c2)c1. The smallest absolute Gasteiger partial charge is 0.141 e. The monoisotopic (exact) mass is 293 g/mol. The van der Waals surface area contributed by atoms with Gasteiger partial charge < -0.3 is 10.1 Å². The van der Waals surface area contributed by atoms with Gasteiger partial charge in [-0.2, -0.15) is 0 Å². The van der Waals surface area contributed by atoms with Crippen LogP contribution in [0.15, 0.2) is 42.5 Å². The molecule has 1 unspecified atom stereocenters. The van der Waals surface area contributed by atoms with Crippen molar-refractivity contribution in [2.75, 3.05) is 12.4 Å². The van der Waals surface area contributed by atoms with Crippen LogP contribution in [0, 0.1) is 5.82 Å². The third kappa shape index (κ3) is 3.71. The molecule has 4 heteroatoms. The van der Waals surface area contributed by atoms with Crippen LogP contribution in [0.4, 0.5) is 10.1 Å². The van der Waals surface area contributed by atoms with Crippen molar-refractivity contribution in [3.05, 3.63) is 64.4 Å². The van der Waals surface area contributed by atoms with Crippen LogP contribution in [-0.4, -0.2) is 7.11 Å². The fourth-order valence-corrected chi connectivity index (χ4v) is 2.22. The molecule has 106 valence electrons. The van der Waals surface area contributed by atoms with Crippen LogP contribution < -0.4 is 5.32 Å². The van der Waals surface area contributed by atoms with Crippen LogP contribution >= 0.6 is 11.6 Å². The zero-order valence-corrected chi connectivity index (χ0v) is 12.2. The summed E-state index contributed by atoms with van der Waals surface area (Å²) >= 11 is 5.81. The normalized spacial score (nSPS) is 12.2. The fourth-order valence-electron chi connectivity index (χ4n) is 2.03. The molecule has 0 spiro atoms. The molecule has 0 radical (unpaired) electrons. The van der Waals surface area contributed by atoms with E-state index in [0.29, 0.717) is 6.61 Å². The van der Waals surface area contributed by atoms with Gasteiger partial charge in [-0.25, -0.2) is 4.39 Å². The maximum absolute atomic E-state index is 13.2. The van der Waals surface area contributed by atoms with Gasteiger partial charge >= 0.3 is 0 Å². The van der Waals surface area contributed by atoms with Crippen LogP contribution in [-0.2, 0) is 11.3 Å². The van der Waals surface area contributed by atoms with Gasteiger partial charge in [0.05, 0.1) is 11.6 Å². The van der Waals surface area contributed by atoms with Crippen LogP contribution in [0.3, 0.4) is 0 Å². The van der Waals surface area contributed by atoms with Crippen molar-refractivity contribution in [3.63, 3.8) is 0 Å². The maximum atomic E-state index is 13.2. The average Bonchev–Trinajstić information content (AvgIpc) is 2.42. The van der Waals surface area contributed by atoms with Crippen molar-refractivity contribution in [1.82, 2.24) is 0 Å². The zero-order valence-electron chi connectivity index (χ0n) is 11.5. The molecule has 0 aliphatic rings. The van der Waals surface area contributed by atoms with E-state index in [1.807, 2.05) is 31.2 Å². The minimum absolute atomic E-state index is 0.0332. The Morgan fingerprint density at radius 1 is 1.25 bits per heavy atom. The van der Waals surface area contributed by atoms with Crippen molar-refractivity contribution >= 4 is 17.3 Å². The highest BCUT2D eigenvalue weighted by atomic mass is 35.5. The van der Waals surface area contributed by atoms with Crippen molar-refractivity contribution in [2.45, 2.75) is 19.6 Å². The number of ether oxygens (including phenoxy) is 1. The second-order valence-electron chi connectivity index (χ2n) is 4.67. The van der Waals surface area contributed by atoms with Gasteiger partial charge in [0.25, 0.3) is 0 Å². The lowest BCUT2D eigenvalue weighted by Gasteiger charge is -2.17. The number of halogens is 2. The zero-order chi connectivity index (χ0) is 14.5. The molecule has 2 aromatic carbocycles. The third-order valence-corrected chi connectivity index (χ3v) is 3.35. The first-order valence-corrected chi connectivity index (χ1v) is 6.77. The molecule has 2 rings (SSSR count). The molecule has 1 N–H and O–H groups in total. The highest BCUT2D eigenvalue weighted by Gasteiger charge is 2.08. The summed E-state index contributed by atoms with van der Waals surface area (Å²) in [6.07, 6.45) is 0. The number of hydrogen-bond acceptors (Lipinski definition) is 2. The van der Waals surface area contributed by atoms with Gasteiger partial charge in [-0.15, -0.1) is 0 Å². The second-order valence-corrected chi connectivity index (χ2v) is 5.08. The van der Waals surface area contributed by atoms with Crippen molar-refractivity contribution in [3.8, 4) is 0 Å². The molecule has 0 aliphatic carbocycles. The molecule has 0 amide bonds. The molecule has 2 nitrogen and oxygen atoms in total. The predicted molar refractivity (Wildman–Crippen MR) is 80.6 cm³/mol. The lowest BCUT2D eigenvalue weighted by molar-refractivity contribution is 0.185. The number of rotatable bonds is 5. The highest BCUT2D eigenvalue weighted by Crippen LogP contribution is 2.24. The van der Waals surface area contributed by atoms with Crippen molar-refractivity contribution in [2.24, 2.45) is 0 Å². The topological polar surface area (TPSA) is 21.3 Å². The summed E-state index contributed by atoms with van der Waals surface area (Å²) in [7, 11) is 1.67. The molecule has 0 aromatic heterocycles.